The van der Waals surface area contributed by atoms with Crippen molar-refractivity contribution in [3.63, 3.8) is 0 Å². The number of H-pyrrole nitrogens is 1. The summed E-state index contributed by atoms with van der Waals surface area (Å²) in [5, 5.41) is 11.0. The molecule has 2 N–H and O–H groups in total. The van der Waals surface area contributed by atoms with Crippen molar-refractivity contribution < 1.29 is 4.79 Å². The standard InChI is InChI=1S/C17H14N6O3/c24-15(18-9-14-21-20-13-7-3-4-8-22(13)14)10-23-16(25)11-5-1-2-6-12(11)19-17(23)26/h1-8H,9-10H2,(H,18,24)(H,19,26). The molecule has 0 fully saturated rings. The quantitative estimate of drug-likeness (QED) is 0.540. The summed E-state index contributed by atoms with van der Waals surface area (Å²) in [6.45, 7) is -0.250. The number of benzene rings is 1. The third-order valence-electron chi connectivity index (χ3n) is 4.02. The van der Waals surface area contributed by atoms with Crippen molar-refractivity contribution in [1.82, 2.24) is 29.5 Å². The maximum absolute atomic E-state index is 12.4. The Kier molecular flexibility index (Phi) is 3.81. The largest absolute Gasteiger partial charge is 0.347 e. The summed E-state index contributed by atoms with van der Waals surface area (Å²) in [5.41, 5.74) is -0.0303. The Bertz CT molecular complexity index is 1240. The fourth-order valence-corrected chi connectivity index (χ4v) is 2.73. The Morgan fingerprint density at radius 3 is 2.77 bits per heavy atom. The van der Waals surface area contributed by atoms with Crippen molar-refractivity contribution in [2.75, 3.05) is 0 Å². The van der Waals surface area contributed by atoms with Crippen LogP contribution in [-0.2, 0) is 17.9 Å². The van der Waals surface area contributed by atoms with Crippen LogP contribution < -0.4 is 16.6 Å². The van der Waals surface area contributed by atoms with Crippen LogP contribution in [0.25, 0.3) is 16.6 Å². The van der Waals surface area contributed by atoms with Crippen LogP contribution in [0.4, 0.5) is 0 Å². The van der Waals surface area contributed by atoms with E-state index in [1.807, 2.05) is 12.1 Å². The number of aromatic amines is 1. The van der Waals surface area contributed by atoms with E-state index >= 15 is 0 Å². The van der Waals surface area contributed by atoms with Gasteiger partial charge in [0.2, 0.25) is 5.91 Å². The number of nitrogens with zero attached hydrogens (tertiary/aromatic N) is 4. The molecule has 130 valence electrons. The summed E-state index contributed by atoms with van der Waals surface area (Å²) in [5.74, 6) is 0.0780. The van der Waals surface area contributed by atoms with Gasteiger partial charge in [-0.2, -0.15) is 0 Å². The molecule has 0 spiro atoms. The van der Waals surface area contributed by atoms with E-state index in [2.05, 4.69) is 20.5 Å². The van der Waals surface area contributed by atoms with Crippen LogP contribution >= 0.6 is 0 Å². The van der Waals surface area contributed by atoms with Gasteiger partial charge >= 0.3 is 5.69 Å². The van der Waals surface area contributed by atoms with E-state index in [4.69, 9.17) is 0 Å². The number of para-hydroxylation sites is 1. The highest BCUT2D eigenvalue weighted by atomic mass is 16.2. The van der Waals surface area contributed by atoms with Crippen molar-refractivity contribution in [2.24, 2.45) is 0 Å². The first-order valence-electron chi connectivity index (χ1n) is 7.91. The molecular weight excluding hydrogens is 336 g/mol. The minimum atomic E-state index is -0.628. The third-order valence-corrected chi connectivity index (χ3v) is 4.02. The molecule has 0 atom stereocenters. The first-order chi connectivity index (χ1) is 12.6. The molecule has 0 unspecified atom stereocenters. The monoisotopic (exact) mass is 350 g/mol. The van der Waals surface area contributed by atoms with E-state index in [-0.39, 0.29) is 13.1 Å². The average Bonchev–Trinajstić information content (AvgIpc) is 3.07. The minimum Gasteiger partial charge on any atom is -0.347 e. The van der Waals surface area contributed by atoms with Crippen LogP contribution in [0, 0.1) is 0 Å². The number of rotatable bonds is 4. The molecule has 1 aromatic carbocycles. The summed E-state index contributed by atoms with van der Waals surface area (Å²) in [6.07, 6.45) is 1.79. The van der Waals surface area contributed by atoms with Crippen LogP contribution in [0.15, 0.2) is 58.3 Å². The van der Waals surface area contributed by atoms with Gasteiger partial charge in [0.15, 0.2) is 11.5 Å². The molecule has 3 heterocycles. The maximum atomic E-state index is 12.4. The molecule has 0 saturated heterocycles. The molecule has 26 heavy (non-hydrogen) atoms. The number of carbonyl (C=O) groups is 1. The molecule has 4 rings (SSSR count). The van der Waals surface area contributed by atoms with Gasteiger partial charge in [-0.15, -0.1) is 10.2 Å². The van der Waals surface area contributed by atoms with Gasteiger partial charge in [-0.1, -0.05) is 18.2 Å². The van der Waals surface area contributed by atoms with Crippen molar-refractivity contribution >= 4 is 22.5 Å². The van der Waals surface area contributed by atoms with Crippen LogP contribution in [0.2, 0.25) is 0 Å². The number of aromatic nitrogens is 5. The zero-order valence-corrected chi connectivity index (χ0v) is 13.5. The van der Waals surface area contributed by atoms with Crippen molar-refractivity contribution in [2.45, 2.75) is 13.1 Å². The van der Waals surface area contributed by atoms with Crippen molar-refractivity contribution in [1.29, 1.82) is 0 Å². The van der Waals surface area contributed by atoms with E-state index in [0.717, 1.165) is 4.57 Å². The predicted molar refractivity (Wildman–Crippen MR) is 93.7 cm³/mol. The number of pyridine rings is 1. The molecule has 9 heteroatoms. The Balaban J connectivity index is 1.54. The van der Waals surface area contributed by atoms with Crippen LogP contribution in [0.3, 0.4) is 0 Å². The van der Waals surface area contributed by atoms with Crippen LogP contribution in [0.5, 0.6) is 0 Å². The van der Waals surface area contributed by atoms with Crippen LogP contribution in [0.1, 0.15) is 5.82 Å². The predicted octanol–water partition coefficient (Wildman–Crippen LogP) is 0.0489. The molecular formula is C17H14N6O3. The molecule has 1 amide bonds. The Hall–Kier alpha value is -3.75. The Morgan fingerprint density at radius 1 is 1.08 bits per heavy atom. The molecule has 0 radical (unpaired) electrons. The Morgan fingerprint density at radius 2 is 1.88 bits per heavy atom. The molecule has 4 aromatic rings. The maximum Gasteiger partial charge on any atom is 0.329 e. The van der Waals surface area contributed by atoms with Gasteiger partial charge in [-0.05, 0) is 24.3 Å². The van der Waals surface area contributed by atoms with Gasteiger partial charge in [0.25, 0.3) is 5.56 Å². The zero-order chi connectivity index (χ0) is 18.1. The third kappa shape index (κ3) is 2.75. The van der Waals surface area contributed by atoms with E-state index in [1.54, 1.807) is 40.9 Å². The lowest BCUT2D eigenvalue weighted by atomic mass is 10.2. The number of amides is 1. The number of carbonyl (C=O) groups excluding carboxylic acids is 1. The summed E-state index contributed by atoms with van der Waals surface area (Å²) in [7, 11) is 0. The fraction of sp³-hybridized carbons (Fsp3) is 0.118. The summed E-state index contributed by atoms with van der Waals surface area (Å²) < 4.78 is 2.62. The van der Waals surface area contributed by atoms with Crippen molar-refractivity contribution in [3.05, 3.63) is 75.3 Å². The smallest absolute Gasteiger partial charge is 0.329 e. The molecule has 0 saturated carbocycles. The molecule has 0 aliphatic heterocycles. The number of fused-ring (bicyclic) bond motifs is 2. The van der Waals surface area contributed by atoms with Gasteiger partial charge in [0.1, 0.15) is 6.54 Å². The lowest BCUT2D eigenvalue weighted by Crippen LogP contribution is -2.40. The first-order valence-corrected chi connectivity index (χ1v) is 7.91. The molecule has 9 nitrogen and oxygen atoms in total. The highest BCUT2D eigenvalue weighted by molar-refractivity contribution is 5.78. The first kappa shape index (κ1) is 15.8. The van der Waals surface area contributed by atoms with Gasteiger partial charge in [0, 0.05) is 6.20 Å². The van der Waals surface area contributed by atoms with Gasteiger partial charge in [0.05, 0.1) is 17.4 Å². The summed E-state index contributed by atoms with van der Waals surface area (Å²) in [6, 6.07) is 12.1. The second-order valence-corrected chi connectivity index (χ2v) is 5.69. The van der Waals surface area contributed by atoms with E-state index in [9.17, 15) is 14.4 Å². The van der Waals surface area contributed by atoms with Crippen LogP contribution in [-0.4, -0.2) is 30.1 Å². The molecule has 0 aliphatic carbocycles. The normalized spacial score (nSPS) is 11.1. The minimum absolute atomic E-state index is 0.129. The van der Waals surface area contributed by atoms with E-state index in [0.29, 0.717) is 22.4 Å². The summed E-state index contributed by atoms with van der Waals surface area (Å²) >= 11 is 0. The highest BCUT2D eigenvalue weighted by Gasteiger charge is 2.12. The highest BCUT2D eigenvalue weighted by Crippen LogP contribution is 2.03. The molecule has 0 aliphatic rings. The van der Waals surface area contributed by atoms with Crippen molar-refractivity contribution in [3.8, 4) is 0 Å². The summed E-state index contributed by atoms with van der Waals surface area (Å²) in [4.78, 5) is 39.3. The fourth-order valence-electron chi connectivity index (χ4n) is 2.73. The number of hydrogen-bond acceptors (Lipinski definition) is 5. The molecule has 0 bridgehead atoms. The van der Waals surface area contributed by atoms with E-state index in [1.165, 1.54) is 0 Å². The molecule has 3 aromatic heterocycles. The average molecular weight is 350 g/mol. The van der Waals surface area contributed by atoms with E-state index < -0.39 is 17.2 Å². The lowest BCUT2D eigenvalue weighted by Gasteiger charge is -2.07. The lowest BCUT2D eigenvalue weighted by molar-refractivity contribution is -0.122. The zero-order valence-electron chi connectivity index (χ0n) is 13.5. The van der Waals surface area contributed by atoms with Gasteiger partial charge in [-0.3, -0.25) is 18.6 Å². The topological polar surface area (TPSA) is 114 Å². The van der Waals surface area contributed by atoms with Gasteiger partial charge in [-0.25, -0.2) is 4.79 Å². The second kappa shape index (κ2) is 6.28. The Labute approximate surface area is 145 Å². The second-order valence-electron chi connectivity index (χ2n) is 5.69. The SMILES string of the molecule is O=C(Cn1c(=O)[nH]c2ccccc2c1=O)NCc1nnc2ccccn12. The number of hydrogen-bond donors (Lipinski definition) is 2. The number of nitrogens with one attached hydrogen (secondary N) is 2. The van der Waals surface area contributed by atoms with Gasteiger partial charge < -0.3 is 10.3 Å².